The van der Waals surface area contributed by atoms with Crippen molar-refractivity contribution in [1.29, 1.82) is 0 Å². The second kappa shape index (κ2) is 19.8. The molecule has 0 amide bonds. The van der Waals surface area contributed by atoms with E-state index in [1.165, 1.54) is 90.6 Å². The first-order valence-corrected chi connectivity index (χ1v) is 13.4. The lowest BCUT2D eigenvalue weighted by Crippen LogP contribution is -2.25. The third-order valence-electron chi connectivity index (χ3n) is 4.70. The van der Waals surface area contributed by atoms with Gasteiger partial charge in [0, 0.05) is 13.7 Å². The minimum absolute atomic E-state index is 0.0213. The van der Waals surface area contributed by atoms with Crippen LogP contribution in [0, 0.1) is 0 Å². The Balaban J connectivity index is 3.25. The molecule has 0 aliphatic heterocycles. The molecule has 5 nitrogen and oxygen atoms in total. The summed E-state index contributed by atoms with van der Waals surface area (Å²) >= 11 is 4.30. The first-order chi connectivity index (χ1) is 13.0. The van der Waals surface area contributed by atoms with Crippen molar-refractivity contribution in [2.45, 2.75) is 103 Å². The van der Waals surface area contributed by atoms with E-state index in [0.717, 1.165) is 6.42 Å². The van der Waals surface area contributed by atoms with Gasteiger partial charge in [-0.3, -0.25) is 0 Å². The summed E-state index contributed by atoms with van der Waals surface area (Å²) in [6.07, 6.45) is 18.4. The van der Waals surface area contributed by atoms with Crippen molar-refractivity contribution in [3.05, 3.63) is 0 Å². The molecular weight excluding hydrogens is 383 g/mol. The van der Waals surface area contributed by atoms with E-state index in [4.69, 9.17) is 14.4 Å². The molecule has 0 aliphatic rings. The number of hydrogen-bond donors (Lipinski definition) is 1. The zero-order valence-corrected chi connectivity index (χ0v) is 19.2. The predicted octanol–water partition coefficient (Wildman–Crippen LogP) is 5.09. The number of methoxy groups -OCH3 is 1. The average molecular weight is 426 g/mol. The van der Waals surface area contributed by atoms with Gasteiger partial charge in [-0.1, -0.05) is 102 Å². The molecule has 0 aromatic carbocycles. The van der Waals surface area contributed by atoms with Crippen molar-refractivity contribution in [1.82, 2.24) is 0 Å². The van der Waals surface area contributed by atoms with Gasteiger partial charge >= 0.3 is 0 Å². The van der Waals surface area contributed by atoms with E-state index < -0.39 is 6.72 Å². The van der Waals surface area contributed by atoms with Crippen molar-refractivity contribution in [3.63, 3.8) is 0 Å². The highest BCUT2D eigenvalue weighted by Gasteiger charge is 2.09. The Bertz CT molecular complexity index is 351. The lowest BCUT2D eigenvalue weighted by Gasteiger charge is -2.23. The summed E-state index contributed by atoms with van der Waals surface area (Å²) < 4.78 is 15.4. The number of ether oxygens (including phenoxy) is 2. The van der Waals surface area contributed by atoms with Gasteiger partial charge in [0.15, 0.2) is 0 Å². The third kappa shape index (κ3) is 22.6. The van der Waals surface area contributed by atoms with Crippen LogP contribution in [-0.2, 0) is 25.8 Å². The Morgan fingerprint density at radius 1 is 0.815 bits per heavy atom. The van der Waals surface area contributed by atoms with Gasteiger partial charge in [-0.15, -0.1) is 0 Å². The Labute approximate surface area is 172 Å². The quantitative estimate of drug-likeness (QED) is 0.204. The molecule has 0 aromatic rings. The predicted molar refractivity (Wildman–Crippen MR) is 114 cm³/mol. The van der Waals surface area contributed by atoms with Gasteiger partial charge in [-0.2, -0.15) is 0 Å². The monoisotopic (exact) mass is 425 g/mol. The SMILES string of the molecule is CCCCCCCCCCCCCCCCOCC(COP([O-])(O)=S)OC. The van der Waals surface area contributed by atoms with Crippen LogP contribution in [0.2, 0.25) is 0 Å². The van der Waals surface area contributed by atoms with Crippen LogP contribution in [0.1, 0.15) is 96.8 Å². The molecule has 0 aliphatic carbocycles. The fraction of sp³-hybridized carbons (Fsp3) is 1.00. The summed E-state index contributed by atoms with van der Waals surface area (Å²) in [5.41, 5.74) is 0. The van der Waals surface area contributed by atoms with Gasteiger partial charge in [-0.05, 0) is 6.42 Å². The zero-order valence-electron chi connectivity index (χ0n) is 17.5. The summed E-state index contributed by atoms with van der Waals surface area (Å²) in [4.78, 5) is 19.8. The standard InChI is InChI=1S/C20H43O5PS/c1-3-4-5-6-7-8-9-10-11-12-13-14-15-16-17-24-18-20(23-2)19-25-26(21,22)27/h20H,3-19H2,1-2H3,(H2,21,22,27)/p-1. The summed E-state index contributed by atoms with van der Waals surface area (Å²) in [7, 11) is 1.52. The molecule has 0 aromatic heterocycles. The molecule has 2 atom stereocenters. The van der Waals surface area contributed by atoms with Crippen molar-refractivity contribution in [2.75, 3.05) is 26.9 Å². The molecule has 0 saturated heterocycles. The van der Waals surface area contributed by atoms with E-state index in [2.05, 4.69) is 23.3 Å². The van der Waals surface area contributed by atoms with Gasteiger partial charge < -0.3 is 23.8 Å². The fourth-order valence-corrected chi connectivity index (χ4v) is 3.51. The molecule has 2 unspecified atom stereocenters. The molecule has 0 fully saturated rings. The maximum Gasteiger partial charge on any atom is 0.112 e. The van der Waals surface area contributed by atoms with E-state index in [1.54, 1.807) is 0 Å². The lowest BCUT2D eigenvalue weighted by atomic mass is 10.0. The van der Waals surface area contributed by atoms with Crippen LogP contribution in [0.3, 0.4) is 0 Å². The second-order valence-electron chi connectivity index (χ2n) is 7.29. The van der Waals surface area contributed by atoms with E-state index >= 15 is 0 Å². The molecule has 164 valence electrons. The third-order valence-corrected chi connectivity index (χ3v) is 5.49. The summed E-state index contributed by atoms with van der Waals surface area (Å²) in [6.45, 7) is -0.581. The molecule has 7 heteroatoms. The van der Waals surface area contributed by atoms with E-state index in [0.29, 0.717) is 13.2 Å². The molecular formula is C20H42O5PS-. The average Bonchev–Trinajstić information content (AvgIpc) is 2.63. The Hall–Kier alpha value is 0.450. The first kappa shape index (κ1) is 27.5. The van der Waals surface area contributed by atoms with Crippen molar-refractivity contribution in [3.8, 4) is 0 Å². The Morgan fingerprint density at radius 3 is 1.67 bits per heavy atom. The largest absolute Gasteiger partial charge is 0.780 e. The summed E-state index contributed by atoms with van der Waals surface area (Å²) in [5.74, 6) is 0. The van der Waals surface area contributed by atoms with Crippen molar-refractivity contribution in [2.24, 2.45) is 0 Å². The van der Waals surface area contributed by atoms with Crippen LogP contribution in [0.25, 0.3) is 0 Å². The Kier molecular flexibility index (Phi) is 20.1. The van der Waals surface area contributed by atoms with Gasteiger partial charge in [-0.25, -0.2) is 0 Å². The van der Waals surface area contributed by atoms with Gasteiger partial charge in [0.1, 0.15) is 12.8 Å². The molecule has 0 radical (unpaired) electrons. The Morgan fingerprint density at radius 2 is 1.26 bits per heavy atom. The molecule has 27 heavy (non-hydrogen) atoms. The van der Waals surface area contributed by atoms with Gasteiger partial charge in [0.05, 0.1) is 13.2 Å². The molecule has 0 heterocycles. The zero-order chi connectivity index (χ0) is 20.2. The van der Waals surface area contributed by atoms with Crippen LogP contribution in [-0.4, -0.2) is 37.9 Å². The van der Waals surface area contributed by atoms with Crippen molar-refractivity contribution >= 4 is 18.5 Å². The molecule has 0 rings (SSSR count). The molecule has 0 saturated carbocycles. The number of unbranched alkanes of at least 4 members (excludes halogenated alkanes) is 13. The van der Waals surface area contributed by atoms with Crippen LogP contribution in [0.15, 0.2) is 0 Å². The maximum absolute atomic E-state index is 10.9. The molecule has 1 N–H and O–H groups in total. The maximum atomic E-state index is 10.9. The van der Waals surface area contributed by atoms with E-state index in [-0.39, 0.29) is 12.7 Å². The van der Waals surface area contributed by atoms with Crippen molar-refractivity contribution < 1.29 is 23.8 Å². The minimum Gasteiger partial charge on any atom is -0.780 e. The van der Waals surface area contributed by atoms with E-state index in [1.807, 2.05) is 0 Å². The highest BCUT2D eigenvalue weighted by molar-refractivity contribution is 8.06. The van der Waals surface area contributed by atoms with Crippen LogP contribution < -0.4 is 4.89 Å². The normalized spacial score (nSPS) is 15.0. The van der Waals surface area contributed by atoms with Crippen LogP contribution in [0.5, 0.6) is 0 Å². The van der Waals surface area contributed by atoms with Gasteiger partial charge in [0.25, 0.3) is 0 Å². The second-order valence-corrected chi connectivity index (χ2v) is 9.87. The smallest absolute Gasteiger partial charge is 0.112 e. The first-order valence-electron chi connectivity index (χ1n) is 10.8. The van der Waals surface area contributed by atoms with Crippen LogP contribution in [0.4, 0.5) is 0 Å². The highest BCUT2D eigenvalue weighted by atomic mass is 32.5. The van der Waals surface area contributed by atoms with E-state index in [9.17, 15) is 4.89 Å². The number of hydrogen-bond acceptors (Lipinski definition) is 5. The number of rotatable bonds is 21. The lowest BCUT2D eigenvalue weighted by molar-refractivity contribution is -0.204. The molecule has 0 spiro atoms. The van der Waals surface area contributed by atoms with Crippen LogP contribution >= 0.6 is 6.72 Å². The molecule has 0 bridgehead atoms. The highest BCUT2D eigenvalue weighted by Crippen LogP contribution is 2.30. The summed E-state index contributed by atoms with van der Waals surface area (Å²) in [6, 6.07) is 0. The van der Waals surface area contributed by atoms with Gasteiger partial charge in [0.2, 0.25) is 0 Å². The topological polar surface area (TPSA) is 71.0 Å². The minimum atomic E-state index is -3.86. The summed E-state index contributed by atoms with van der Waals surface area (Å²) in [5, 5.41) is 0. The fourth-order valence-electron chi connectivity index (χ4n) is 2.97.